The Morgan fingerprint density at radius 3 is 2.06 bits per heavy atom. The molecule has 0 unspecified atom stereocenters. The molecular weight excluding hydrogens is 468 g/mol. The maximum atomic E-state index is 5.84. The standard InChI is InChI=1S/C28H32N6OS/c1-35-21-20-33-27(25-12-14-29-15-13-25)30-34(28(33)36)22-31-16-18-32(19-17-31)26(23-8-4-2-5-9-23)24-10-6-3-7-11-24/h2-15,26H,16-22H2,1H3. The lowest BCUT2D eigenvalue weighted by Crippen LogP contribution is -2.48. The number of pyridine rings is 1. The molecule has 36 heavy (non-hydrogen) atoms. The summed E-state index contributed by atoms with van der Waals surface area (Å²) >= 11 is 5.84. The maximum Gasteiger partial charge on any atom is 0.199 e. The van der Waals surface area contributed by atoms with Gasteiger partial charge in [-0.3, -0.25) is 19.4 Å². The van der Waals surface area contributed by atoms with E-state index in [-0.39, 0.29) is 6.04 Å². The van der Waals surface area contributed by atoms with Crippen molar-refractivity contribution in [2.24, 2.45) is 0 Å². The van der Waals surface area contributed by atoms with E-state index in [0.29, 0.717) is 24.6 Å². The summed E-state index contributed by atoms with van der Waals surface area (Å²) in [4.78, 5) is 9.16. The van der Waals surface area contributed by atoms with E-state index in [1.165, 1.54) is 11.1 Å². The Morgan fingerprint density at radius 2 is 1.47 bits per heavy atom. The van der Waals surface area contributed by atoms with Gasteiger partial charge in [0.15, 0.2) is 10.6 Å². The Labute approximate surface area is 217 Å². The lowest BCUT2D eigenvalue weighted by atomic mass is 9.96. The minimum absolute atomic E-state index is 0.253. The highest BCUT2D eigenvalue weighted by molar-refractivity contribution is 7.71. The maximum absolute atomic E-state index is 5.84. The Hall–Kier alpha value is -3.17. The second-order valence-electron chi connectivity index (χ2n) is 9.01. The zero-order chi connectivity index (χ0) is 24.7. The summed E-state index contributed by atoms with van der Waals surface area (Å²) in [5, 5.41) is 4.91. The molecule has 0 spiro atoms. The fraction of sp³-hybridized carbons (Fsp3) is 0.321. The van der Waals surface area contributed by atoms with Gasteiger partial charge >= 0.3 is 0 Å². The van der Waals surface area contributed by atoms with Crippen molar-refractivity contribution in [2.75, 3.05) is 39.9 Å². The van der Waals surface area contributed by atoms with Gasteiger partial charge in [0.1, 0.15) is 0 Å². The van der Waals surface area contributed by atoms with Crippen LogP contribution in [0.2, 0.25) is 0 Å². The highest BCUT2D eigenvalue weighted by Gasteiger charge is 2.27. The predicted molar refractivity (Wildman–Crippen MR) is 144 cm³/mol. The molecule has 0 saturated carbocycles. The molecule has 186 valence electrons. The molecule has 8 heteroatoms. The number of rotatable bonds is 9. The molecule has 0 N–H and O–H groups in total. The monoisotopic (exact) mass is 500 g/mol. The third-order valence-electron chi connectivity index (χ3n) is 6.72. The first-order valence-electron chi connectivity index (χ1n) is 12.4. The van der Waals surface area contributed by atoms with Gasteiger partial charge in [0, 0.05) is 51.2 Å². The minimum atomic E-state index is 0.253. The summed E-state index contributed by atoms with van der Waals surface area (Å²) in [5.41, 5.74) is 3.67. The van der Waals surface area contributed by atoms with Crippen molar-refractivity contribution in [3.05, 3.63) is 101 Å². The van der Waals surface area contributed by atoms with Crippen LogP contribution in [0.1, 0.15) is 17.2 Å². The minimum Gasteiger partial charge on any atom is -0.383 e. The second kappa shape index (κ2) is 11.7. The number of hydrogen-bond acceptors (Lipinski definition) is 6. The van der Waals surface area contributed by atoms with Gasteiger partial charge in [-0.05, 0) is 35.5 Å². The number of benzene rings is 2. The molecule has 1 aliphatic rings. The first kappa shape index (κ1) is 24.5. The van der Waals surface area contributed by atoms with Crippen LogP contribution in [-0.2, 0) is 18.0 Å². The summed E-state index contributed by atoms with van der Waals surface area (Å²) in [6.45, 7) is 5.77. The van der Waals surface area contributed by atoms with Crippen LogP contribution in [-0.4, -0.2) is 69.0 Å². The number of piperazine rings is 1. The summed E-state index contributed by atoms with van der Waals surface area (Å²) < 4.78 is 10.0. The summed E-state index contributed by atoms with van der Waals surface area (Å²) in [5.74, 6) is 0.853. The molecule has 1 fully saturated rings. The van der Waals surface area contributed by atoms with Gasteiger partial charge in [0.05, 0.1) is 25.9 Å². The zero-order valence-electron chi connectivity index (χ0n) is 20.6. The van der Waals surface area contributed by atoms with Gasteiger partial charge in [-0.15, -0.1) is 0 Å². The molecule has 2 aromatic carbocycles. The lowest BCUT2D eigenvalue weighted by Gasteiger charge is -2.39. The topological polar surface area (TPSA) is 51.4 Å². The quantitative estimate of drug-likeness (QED) is 0.316. The summed E-state index contributed by atoms with van der Waals surface area (Å²) in [6, 6.07) is 25.8. The first-order chi connectivity index (χ1) is 17.7. The molecule has 0 radical (unpaired) electrons. The van der Waals surface area contributed by atoms with Crippen LogP contribution in [0.5, 0.6) is 0 Å². The molecule has 4 aromatic rings. The van der Waals surface area contributed by atoms with Crippen molar-refractivity contribution < 1.29 is 4.74 Å². The number of ether oxygens (including phenoxy) is 1. The van der Waals surface area contributed by atoms with Crippen LogP contribution >= 0.6 is 12.2 Å². The fourth-order valence-electron chi connectivity index (χ4n) is 4.87. The smallest absolute Gasteiger partial charge is 0.199 e. The van der Waals surface area contributed by atoms with Crippen LogP contribution in [0.25, 0.3) is 11.4 Å². The van der Waals surface area contributed by atoms with Crippen molar-refractivity contribution >= 4 is 12.2 Å². The van der Waals surface area contributed by atoms with Crippen molar-refractivity contribution in [1.29, 1.82) is 0 Å². The number of aromatic nitrogens is 4. The SMILES string of the molecule is COCCn1c(-c2ccncc2)nn(CN2CCN(C(c3ccccc3)c3ccccc3)CC2)c1=S. The molecule has 0 bridgehead atoms. The highest BCUT2D eigenvalue weighted by Crippen LogP contribution is 2.29. The van der Waals surface area contributed by atoms with E-state index >= 15 is 0 Å². The molecule has 0 aliphatic carbocycles. The molecular formula is C28H32N6OS. The average Bonchev–Trinajstić information content (AvgIpc) is 3.25. The van der Waals surface area contributed by atoms with E-state index in [2.05, 4.69) is 80.0 Å². The van der Waals surface area contributed by atoms with E-state index in [1.54, 1.807) is 19.5 Å². The van der Waals surface area contributed by atoms with Crippen molar-refractivity contribution in [3.63, 3.8) is 0 Å². The largest absolute Gasteiger partial charge is 0.383 e. The van der Waals surface area contributed by atoms with Crippen molar-refractivity contribution in [3.8, 4) is 11.4 Å². The Morgan fingerprint density at radius 1 is 0.861 bits per heavy atom. The Bertz CT molecular complexity index is 1240. The van der Waals surface area contributed by atoms with E-state index in [0.717, 1.165) is 37.6 Å². The highest BCUT2D eigenvalue weighted by atomic mass is 32.1. The lowest BCUT2D eigenvalue weighted by molar-refractivity contribution is 0.0843. The van der Waals surface area contributed by atoms with Crippen LogP contribution in [0.3, 0.4) is 0 Å². The van der Waals surface area contributed by atoms with Crippen LogP contribution in [0, 0.1) is 4.77 Å². The average molecular weight is 501 g/mol. The summed E-state index contributed by atoms with van der Waals surface area (Å²) in [7, 11) is 1.71. The molecule has 1 aliphatic heterocycles. The third-order valence-corrected chi connectivity index (χ3v) is 7.15. The molecule has 2 aromatic heterocycles. The third kappa shape index (κ3) is 5.47. The molecule has 0 atom stereocenters. The van der Waals surface area contributed by atoms with Crippen LogP contribution < -0.4 is 0 Å². The van der Waals surface area contributed by atoms with E-state index in [4.69, 9.17) is 22.1 Å². The van der Waals surface area contributed by atoms with E-state index in [1.807, 2.05) is 16.8 Å². The molecule has 1 saturated heterocycles. The molecule has 0 amide bonds. The van der Waals surface area contributed by atoms with Gasteiger partial charge in [-0.2, -0.15) is 5.10 Å². The van der Waals surface area contributed by atoms with Gasteiger partial charge in [0.25, 0.3) is 0 Å². The first-order valence-corrected chi connectivity index (χ1v) is 12.8. The molecule has 5 rings (SSSR count). The van der Waals surface area contributed by atoms with Gasteiger partial charge < -0.3 is 4.74 Å². The van der Waals surface area contributed by atoms with Crippen LogP contribution in [0.4, 0.5) is 0 Å². The van der Waals surface area contributed by atoms with Gasteiger partial charge in [-0.25, -0.2) is 4.68 Å². The number of hydrogen-bond donors (Lipinski definition) is 0. The zero-order valence-corrected chi connectivity index (χ0v) is 21.4. The molecule has 7 nitrogen and oxygen atoms in total. The number of nitrogens with zero attached hydrogens (tertiary/aromatic N) is 6. The Balaban J connectivity index is 1.32. The normalized spacial score (nSPS) is 14.9. The molecule has 3 heterocycles. The number of methoxy groups -OCH3 is 1. The van der Waals surface area contributed by atoms with Crippen LogP contribution in [0.15, 0.2) is 85.2 Å². The summed E-state index contributed by atoms with van der Waals surface area (Å²) in [6.07, 6.45) is 3.57. The Kier molecular flexibility index (Phi) is 7.98. The van der Waals surface area contributed by atoms with Gasteiger partial charge in [-0.1, -0.05) is 60.7 Å². The fourth-order valence-corrected chi connectivity index (χ4v) is 5.15. The van der Waals surface area contributed by atoms with E-state index < -0.39 is 0 Å². The van der Waals surface area contributed by atoms with E-state index in [9.17, 15) is 0 Å². The second-order valence-corrected chi connectivity index (χ2v) is 9.37. The van der Waals surface area contributed by atoms with Crippen molar-refractivity contribution in [2.45, 2.75) is 19.3 Å². The van der Waals surface area contributed by atoms with Crippen molar-refractivity contribution in [1.82, 2.24) is 29.1 Å². The predicted octanol–water partition coefficient (Wildman–Crippen LogP) is 4.49. The van der Waals surface area contributed by atoms with Gasteiger partial charge in [0.2, 0.25) is 0 Å².